The first-order valence-electron chi connectivity index (χ1n) is 13.7. The lowest BCUT2D eigenvalue weighted by Crippen LogP contribution is -2.66. The number of benzene rings is 3. The molecule has 204 valence electrons. The fourth-order valence-corrected chi connectivity index (χ4v) is 5.57. The van der Waals surface area contributed by atoms with Gasteiger partial charge in [0.15, 0.2) is 6.29 Å². The second-order valence-corrected chi connectivity index (χ2v) is 10.3. The monoisotopic (exact) mass is 529 g/mol. The maximum atomic E-state index is 13.7. The number of nitrogens with zero attached hydrogens (tertiary/aromatic N) is 2. The molecule has 2 fully saturated rings. The van der Waals surface area contributed by atoms with Crippen molar-refractivity contribution < 1.29 is 19.2 Å². The molecular weight excluding hydrogens is 494 g/mol. The van der Waals surface area contributed by atoms with Gasteiger partial charge >= 0.3 is 6.03 Å². The lowest BCUT2D eigenvalue weighted by atomic mass is 9.89. The largest absolute Gasteiger partial charge is 0.353 e. The number of nitro benzene ring substituents is 1. The Labute approximate surface area is 229 Å². The SMILES string of the molecule is O=C1N[C@H](Cc2ccccc2)[C@H](OC2CCCCO2)[C@@H](CCc2ccccc2)N1Cc1cccc([N+](=O)[O-])c1. The normalized spacial score (nSPS) is 23.3. The van der Waals surface area contributed by atoms with E-state index in [1.54, 1.807) is 11.0 Å². The van der Waals surface area contributed by atoms with Gasteiger partial charge in [-0.3, -0.25) is 10.1 Å². The molecule has 2 saturated heterocycles. The van der Waals surface area contributed by atoms with Crippen LogP contribution in [0.1, 0.15) is 42.4 Å². The molecule has 2 amide bonds. The third kappa shape index (κ3) is 7.02. The molecule has 0 aromatic heterocycles. The number of hydrogen-bond donors (Lipinski definition) is 1. The molecule has 0 radical (unpaired) electrons. The van der Waals surface area contributed by atoms with E-state index in [0.29, 0.717) is 25.0 Å². The zero-order valence-corrected chi connectivity index (χ0v) is 22.0. The molecule has 1 N–H and O–H groups in total. The van der Waals surface area contributed by atoms with Gasteiger partial charge < -0.3 is 19.7 Å². The maximum absolute atomic E-state index is 13.7. The molecule has 0 bridgehead atoms. The molecular formula is C31H35N3O5. The Morgan fingerprint density at radius 3 is 2.36 bits per heavy atom. The van der Waals surface area contributed by atoms with Gasteiger partial charge in [-0.15, -0.1) is 0 Å². The molecule has 39 heavy (non-hydrogen) atoms. The Morgan fingerprint density at radius 1 is 0.949 bits per heavy atom. The van der Waals surface area contributed by atoms with Gasteiger partial charge in [-0.25, -0.2) is 4.79 Å². The summed E-state index contributed by atoms with van der Waals surface area (Å²) in [6, 6.07) is 26.1. The van der Waals surface area contributed by atoms with Crippen LogP contribution < -0.4 is 5.32 Å². The van der Waals surface area contributed by atoms with E-state index in [-0.39, 0.29) is 42.7 Å². The average molecular weight is 530 g/mol. The zero-order chi connectivity index (χ0) is 27.0. The van der Waals surface area contributed by atoms with Crippen molar-refractivity contribution in [3.05, 3.63) is 112 Å². The number of amides is 2. The molecule has 2 aliphatic rings. The van der Waals surface area contributed by atoms with Gasteiger partial charge in [0.2, 0.25) is 0 Å². The summed E-state index contributed by atoms with van der Waals surface area (Å²) < 4.78 is 12.7. The highest BCUT2D eigenvalue weighted by atomic mass is 16.7. The number of ether oxygens (including phenoxy) is 2. The molecule has 0 aliphatic carbocycles. The van der Waals surface area contributed by atoms with E-state index in [4.69, 9.17) is 9.47 Å². The number of non-ortho nitro benzene ring substituents is 1. The summed E-state index contributed by atoms with van der Waals surface area (Å²) in [7, 11) is 0. The predicted octanol–water partition coefficient (Wildman–Crippen LogP) is 5.64. The quantitative estimate of drug-likeness (QED) is 0.271. The minimum absolute atomic E-state index is 0.0103. The van der Waals surface area contributed by atoms with E-state index in [1.807, 2.05) is 42.5 Å². The third-order valence-electron chi connectivity index (χ3n) is 7.54. The van der Waals surface area contributed by atoms with Crippen molar-refractivity contribution in [1.82, 2.24) is 10.2 Å². The molecule has 0 saturated carbocycles. The summed E-state index contributed by atoms with van der Waals surface area (Å²) in [5.74, 6) is 0. The summed E-state index contributed by atoms with van der Waals surface area (Å²) in [4.78, 5) is 26.5. The minimum Gasteiger partial charge on any atom is -0.353 e. The standard InChI is InChI=1S/C31H35N3O5/c35-31-32-27(21-24-12-5-2-6-13-24)30(39-29-16-7-8-19-38-29)28(18-17-23-10-3-1-4-11-23)33(31)22-25-14-9-15-26(20-25)34(36)37/h1-6,9-15,20,27-30H,7-8,16-19,21-22H2,(H,32,35)/t27-,28-,29?,30+/m1/s1. The molecule has 8 nitrogen and oxygen atoms in total. The predicted molar refractivity (Wildman–Crippen MR) is 148 cm³/mol. The van der Waals surface area contributed by atoms with Crippen molar-refractivity contribution in [1.29, 1.82) is 0 Å². The van der Waals surface area contributed by atoms with E-state index in [0.717, 1.165) is 31.2 Å². The first kappa shape index (κ1) is 26.8. The van der Waals surface area contributed by atoms with E-state index in [1.165, 1.54) is 17.7 Å². The summed E-state index contributed by atoms with van der Waals surface area (Å²) in [5, 5.41) is 14.6. The van der Waals surface area contributed by atoms with Crippen LogP contribution in [-0.4, -0.2) is 46.9 Å². The second-order valence-electron chi connectivity index (χ2n) is 10.3. The topological polar surface area (TPSA) is 93.9 Å². The highest BCUT2D eigenvalue weighted by Gasteiger charge is 2.43. The van der Waals surface area contributed by atoms with Gasteiger partial charge in [0.05, 0.1) is 17.0 Å². The fraction of sp³-hybridized carbons (Fsp3) is 0.387. The van der Waals surface area contributed by atoms with Gasteiger partial charge in [0.1, 0.15) is 6.10 Å². The summed E-state index contributed by atoms with van der Waals surface area (Å²) >= 11 is 0. The zero-order valence-electron chi connectivity index (χ0n) is 22.0. The average Bonchev–Trinajstić information content (AvgIpc) is 2.97. The Kier molecular flexibility index (Phi) is 8.85. The molecule has 3 aromatic carbocycles. The van der Waals surface area contributed by atoms with E-state index in [2.05, 4.69) is 29.6 Å². The van der Waals surface area contributed by atoms with E-state index < -0.39 is 4.92 Å². The van der Waals surface area contributed by atoms with Gasteiger partial charge in [-0.2, -0.15) is 0 Å². The number of nitrogens with one attached hydrogen (secondary N) is 1. The number of nitro groups is 1. The molecule has 5 rings (SSSR count). The Morgan fingerprint density at radius 2 is 1.67 bits per heavy atom. The van der Waals surface area contributed by atoms with Crippen molar-refractivity contribution in [2.24, 2.45) is 0 Å². The van der Waals surface area contributed by atoms with Crippen molar-refractivity contribution in [3.8, 4) is 0 Å². The molecule has 8 heteroatoms. The van der Waals surface area contributed by atoms with E-state index in [9.17, 15) is 14.9 Å². The minimum atomic E-state index is -0.408. The molecule has 1 unspecified atom stereocenters. The van der Waals surface area contributed by atoms with Crippen LogP contribution in [0.15, 0.2) is 84.9 Å². The smallest absolute Gasteiger partial charge is 0.318 e. The van der Waals surface area contributed by atoms with Crippen LogP contribution in [0.5, 0.6) is 0 Å². The number of hydrogen-bond acceptors (Lipinski definition) is 5. The lowest BCUT2D eigenvalue weighted by molar-refractivity contribution is -0.384. The Balaban J connectivity index is 1.46. The molecule has 0 spiro atoms. The fourth-order valence-electron chi connectivity index (χ4n) is 5.57. The lowest BCUT2D eigenvalue weighted by Gasteiger charge is -2.47. The number of urea groups is 1. The van der Waals surface area contributed by atoms with Crippen LogP contribution in [0.25, 0.3) is 0 Å². The highest BCUT2D eigenvalue weighted by Crippen LogP contribution is 2.30. The van der Waals surface area contributed by atoms with Crippen LogP contribution in [0.3, 0.4) is 0 Å². The van der Waals surface area contributed by atoms with Crippen molar-refractivity contribution >= 4 is 11.7 Å². The summed E-state index contributed by atoms with van der Waals surface area (Å²) in [6.07, 6.45) is 4.33. The highest BCUT2D eigenvalue weighted by molar-refractivity contribution is 5.76. The second kappa shape index (κ2) is 12.9. The van der Waals surface area contributed by atoms with Crippen LogP contribution in [0.2, 0.25) is 0 Å². The third-order valence-corrected chi connectivity index (χ3v) is 7.54. The van der Waals surface area contributed by atoms with Gasteiger partial charge in [0.25, 0.3) is 5.69 Å². The van der Waals surface area contributed by atoms with Gasteiger partial charge in [0, 0.05) is 25.3 Å². The Bertz CT molecular complexity index is 1230. The summed E-state index contributed by atoms with van der Waals surface area (Å²) in [6.45, 7) is 0.912. The van der Waals surface area contributed by atoms with Crippen LogP contribution in [0, 0.1) is 10.1 Å². The number of rotatable bonds is 10. The number of carbonyl (C=O) groups excluding carboxylic acids is 1. The van der Waals surface area contributed by atoms with Crippen LogP contribution >= 0.6 is 0 Å². The van der Waals surface area contributed by atoms with E-state index >= 15 is 0 Å². The van der Waals surface area contributed by atoms with Crippen LogP contribution in [0.4, 0.5) is 10.5 Å². The molecule has 3 aromatic rings. The van der Waals surface area contributed by atoms with Gasteiger partial charge in [-0.05, 0) is 55.2 Å². The first-order valence-corrected chi connectivity index (χ1v) is 13.7. The number of carbonyl (C=O) groups is 1. The maximum Gasteiger partial charge on any atom is 0.318 e. The summed E-state index contributed by atoms with van der Waals surface area (Å²) in [5.41, 5.74) is 3.02. The van der Waals surface area contributed by atoms with Crippen LogP contribution in [-0.2, 0) is 28.9 Å². The first-order chi connectivity index (χ1) is 19.1. The Hall–Kier alpha value is -3.75. The molecule has 2 aliphatic heterocycles. The van der Waals surface area contributed by atoms with Crippen molar-refractivity contribution in [3.63, 3.8) is 0 Å². The van der Waals surface area contributed by atoms with Crippen molar-refractivity contribution in [2.45, 2.75) is 69.5 Å². The van der Waals surface area contributed by atoms with Crippen molar-refractivity contribution in [2.75, 3.05) is 6.61 Å². The number of aryl methyl sites for hydroxylation is 1. The molecule has 2 heterocycles. The molecule has 4 atom stereocenters. The van der Waals surface area contributed by atoms with Gasteiger partial charge in [-0.1, -0.05) is 72.8 Å².